The van der Waals surface area contributed by atoms with Gasteiger partial charge in [-0.15, -0.1) is 0 Å². The fraction of sp³-hybridized carbons (Fsp3) is 0.462. The minimum absolute atomic E-state index is 0.103. The van der Waals surface area contributed by atoms with Gasteiger partial charge in [-0.1, -0.05) is 0 Å². The van der Waals surface area contributed by atoms with E-state index in [9.17, 15) is 4.79 Å². The maximum absolute atomic E-state index is 11.3. The van der Waals surface area contributed by atoms with E-state index in [-0.39, 0.29) is 5.97 Å². The van der Waals surface area contributed by atoms with Gasteiger partial charge in [-0.25, -0.2) is 0 Å². The fourth-order valence-electron chi connectivity index (χ4n) is 2.25. The number of halogens is 2. The third kappa shape index (κ3) is 2.94. The van der Waals surface area contributed by atoms with Gasteiger partial charge in [-0.2, -0.15) is 0 Å². The van der Waals surface area contributed by atoms with Crippen LogP contribution in [0.25, 0.3) is 0 Å². The standard InChI is InChI=1S/C13H16O2.I2/c1-7-8(2)10(4)12-6-15-13(14)5-11(12)9(7)3;1-2/h5-6H2,1-4H3;. The quantitative estimate of drug-likeness (QED) is 0.429. The van der Waals surface area contributed by atoms with Gasteiger partial charge in [-0.05, 0) is 61.1 Å². The molecule has 0 saturated heterocycles. The van der Waals surface area contributed by atoms with Gasteiger partial charge in [0.05, 0.1) is 6.42 Å². The average Bonchev–Trinajstić information content (AvgIpc) is 2.36. The largest absolute Gasteiger partial charge is 0.461 e. The van der Waals surface area contributed by atoms with Crippen molar-refractivity contribution in [1.29, 1.82) is 0 Å². The van der Waals surface area contributed by atoms with Gasteiger partial charge in [0.25, 0.3) is 0 Å². The molecule has 0 saturated carbocycles. The van der Waals surface area contributed by atoms with E-state index in [0.29, 0.717) is 13.0 Å². The van der Waals surface area contributed by atoms with Crippen molar-refractivity contribution in [2.24, 2.45) is 0 Å². The highest BCUT2D eigenvalue weighted by Crippen LogP contribution is 2.30. The number of carbonyl (C=O) groups excluding carboxylic acids is 1. The summed E-state index contributed by atoms with van der Waals surface area (Å²) >= 11 is 4.24. The van der Waals surface area contributed by atoms with Gasteiger partial charge in [-0.3, -0.25) is 4.79 Å². The number of esters is 1. The van der Waals surface area contributed by atoms with Gasteiger partial charge in [0.1, 0.15) is 6.61 Å². The summed E-state index contributed by atoms with van der Waals surface area (Å²) < 4.78 is 5.10. The molecule has 1 aliphatic rings. The summed E-state index contributed by atoms with van der Waals surface area (Å²) in [5.41, 5.74) is 7.57. The van der Waals surface area contributed by atoms with Gasteiger partial charge in [0, 0.05) is 37.2 Å². The molecule has 0 unspecified atom stereocenters. The molecule has 0 fully saturated rings. The lowest BCUT2D eigenvalue weighted by molar-refractivity contribution is -0.145. The van der Waals surface area contributed by atoms with Crippen LogP contribution in [0.2, 0.25) is 0 Å². The zero-order valence-corrected chi connectivity index (χ0v) is 14.8. The molecule has 17 heavy (non-hydrogen) atoms. The van der Waals surface area contributed by atoms with E-state index < -0.39 is 0 Å². The first kappa shape index (κ1) is 15.2. The fourth-order valence-corrected chi connectivity index (χ4v) is 2.25. The Morgan fingerprint density at radius 2 is 1.35 bits per heavy atom. The molecule has 0 aliphatic carbocycles. The number of ether oxygens (including phenoxy) is 1. The predicted octanol–water partition coefficient (Wildman–Crippen LogP) is 4.29. The monoisotopic (exact) mass is 458 g/mol. The number of benzene rings is 1. The molecule has 94 valence electrons. The number of hydrogen-bond donors (Lipinski definition) is 0. The van der Waals surface area contributed by atoms with Crippen LogP contribution >= 0.6 is 37.2 Å². The van der Waals surface area contributed by atoms with Crippen molar-refractivity contribution < 1.29 is 9.53 Å². The van der Waals surface area contributed by atoms with Crippen LogP contribution in [0.15, 0.2) is 0 Å². The van der Waals surface area contributed by atoms with Crippen LogP contribution in [-0.4, -0.2) is 5.97 Å². The Hall–Kier alpha value is 0.150. The molecule has 0 aromatic heterocycles. The lowest BCUT2D eigenvalue weighted by Gasteiger charge is -2.23. The Bertz CT molecular complexity index is 453. The Labute approximate surface area is 126 Å². The molecule has 1 heterocycles. The third-order valence-corrected chi connectivity index (χ3v) is 3.66. The second-order valence-corrected chi connectivity index (χ2v) is 4.29. The van der Waals surface area contributed by atoms with E-state index in [1.54, 1.807) is 0 Å². The topological polar surface area (TPSA) is 26.3 Å². The molecule has 0 radical (unpaired) electrons. The number of fused-ring (bicyclic) bond motifs is 1. The average molecular weight is 458 g/mol. The Morgan fingerprint density at radius 3 is 1.88 bits per heavy atom. The normalized spacial score (nSPS) is 13.4. The van der Waals surface area contributed by atoms with Crippen LogP contribution in [-0.2, 0) is 22.6 Å². The first-order chi connectivity index (χ1) is 8.02. The van der Waals surface area contributed by atoms with Crippen molar-refractivity contribution >= 4 is 43.2 Å². The summed E-state index contributed by atoms with van der Waals surface area (Å²) in [5.74, 6) is -0.103. The van der Waals surface area contributed by atoms with Crippen LogP contribution in [0.3, 0.4) is 0 Å². The van der Waals surface area contributed by atoms with Crippen LogP contribution in [0.1, 0.15) is 33.4 Å². The second-order valence-electron chi connectivity index (χ2n) is 4.29. The summed E-state index contributed by atoms with van der Waals surface area (Å²) in [6.45, 7) is 8.91. The van der Waals surface area contributed by atoms with Crippen LogP contribution in [0.4, 0.5) is 0 Å². The highest BCUT2D eigenvalue weighted by Gasteiger charge is 2.22. The van der Waals surface area contributed by atoms with Crippen molar-refractivity contribution in [3.8, 4) is 0 Å². The molecule has 1 aromatic carbocycles. The zero-order chi connectivity index (χ0) is 13.2. The molecule has 0 bridgehead atoms. The molecule has 0 atom stereocenters. The molecule has 0 N–H and O–H groups in total. The first-order valence-electron chi connectivity index (χ1n) is 5.40. The van der Waals surface area contributed by atoms with Crippen molar-refractivity contribution in [3.63, 3.8) is 0 Å². The molecular formula is C13H16I2O2. The van der Waals surface area contributed by atoms with E-state index in [1.807, 2.05) is 0 Å². The summed E-state index contributed by atoms with van der Waals surface area (Å²) in [6.07, 6.45) is 0.434. The van der Waals surface area contributed by atoms with Gasteiger partial charge >= 0.3 is 5.97 Å². The molecule has 0 spiro atoms. The lowest BCUT2D eigenvalue weighted by atomic mass is 9.87. The molecule has 1 aromatic rings. The number of cyclic esters (lactones) is 1. The molecule has 1 aliphatic heterocycles. The smallest absolute Gasteiger partial charge is 0.310 e. The first-order valence-corrected chi connectivity index (χ1v) is 11.7. The molecule has 4 heteroatoms. The maximum atomic E-state index is 11.3. The highest BCUT2D eigenvalue weighted by atomic mass is 128. The summed E-state index contributed by atoms with van der Waals surface area (Å²) in [7, 11) is 0. The zero-order valence-electron chi connectivity index (χ0n) is 10.5. The van der Waals surface area contributed by atoms with Gasteiger partial charge < -0.3 is 4.74 Å². The van der Waals surface area contributed by atoms with Crippen molar-refractivity contribution in [2.75, 3.05) is 0 Å². The van der Waals surface area contributed by atoms with E-state index in [0.717, 1.165) is 0 Å². The van der Waals surface area contributed by atoms with E-state index >= 15 is 0 Å². The van der Waals surface area contributed by atoms with Crippen molar-refractivity contribution in [3.05, 3.63) is 33.4 Å². The number of hydrogen-bond acceptors (Lipinski definition) is 2. The second kappa shape index (κ2) is 6.36. The molecule has 2 nitrogen and oxygen atoms in total. The minimum Gasteiger partial charge on any atom is -0.461 e. The third-order valence-electron chi connectivity index (χ3n) is 3.66. The Balaban J connectivity index is 0.000000686. The van der Waals surface area contributed by atoms with Gasteiger partial charge in [0.2, 0.25) is 0 Å². The number of carbonyl (C=O) groups is 1. The summed E-state index contributed by atoms with van der Waals surface area (Å²) in [5, 5.41) is 0. The minimum atomic E-state index is -0.103. The van der Waals surface area contributed by atoms with Crippen LogP contribution < -0.4 is 0 Å². The summed E-state index contributed by atoms with van der Waals surface area (Å²) in [6, 6.07) is 0. The van der Waals surface area contributed by atoms with Crippen LogP contribution in [0.5, 0.6) is 0 Å². The van der Waals surface area contributed by atoms with Gasteiger partial charge in [0.15, 0.2) is 0 Å². The maximum Gasteiger partial charge on any atom is 0.310 e. The van der Waals surface area contributed by atoms with Crippen molar-refractivity contribution in [1.82, 2.24) is 0 Å². The Kier molecular flexibility index (Phi) is 5.69. The lowest BCUT2D eigenvalue weighted by Crippen LogP contribution is -2.20. The molecule has 0 amide bonds. The highest BCUT2D eigenvalue weighted by molar-refractivity contribution is 15.0. The van der Waals surface area contributed by atoms with Crippen LogP contribution in [0, 0.1) is 27.7 Å². The Morgan fingerprint density at radius 1 is 0.882 bits per heavy atom. The summed E-state index contributed by atoms with van der Waals surface area (Å²) in [4.78, 5) is 11.3. The molecule has 2 rings (SSSR count). The predicted molar refractivity (Wildman–Crippen MR) is 86.9 cm³/mol. The number of rotatable bonds is 0. The van der Waals surface area contributed by atoms with E-state index in [1.165, 1.54) is 33.4 Å². The molecular weight excluding hydrogens is 442 g/mol. The van der Waals surface area contributed by atoms with E-state index in [4.69, 9.17) is 4.74 Å². The SMILES string of the molecule is Cc1c(C)c(C)c2c(c1C)COC(=O)C2.II. The van der Waals surface area contributed by atoms with Crippen molar-refractivity contribution in [2.45, 2.75) is 40.7 Å². The van der Waals surface area contributed by atoms with E-state index in [2.05, 4.69) is 64.9 Å².